The number of rotatable bonds is 6. The van der Waals surface area contributed by atoms with E-state index in [2.05, 4.69) is 22.3 Å². The number of carbonyl (C=O) groups is 1. The Labute approximate surface area is 185 Å². The number of anilines is 1. The molecule has 166 valence electrons. The third kappa shape index (κ3) is 3.48. The van der Waals surface area contributed by atoms with Crippen molar-refractivity contribution in [3.05, 3.63) is 48.3 Å². The summed E-state index contributed by atoms with van der Waals surface area (Å²) < 4.78 is 22.9. The SMILES string of the molecule is C=CCn1nc(-c2ccc(F)c(OC)c2)c2c1-c1cc(NC(=O)C3CCCN3)nn1CC2. The molecule has 0 bridgehead atoms. The molecular weight excluding hydrogens is 411 g/mol. The van der Waals surface area contributed by atoms with Gasteiger partial charge in [-0.15, -0.1) is 6.58 Å². The zero-order chi connectivity index (χ0) is 22.2. The molecule has 0 radical (unpaired) electrons. The zero-order valence-corrected chi connectivity index (χ0v) is 17.9. The number of fused-ring (bicyclic) bond motifs is 3. The fraction of sp³-hybridized carbons (Fsp3) is 0.348. The average molecular weight is 436 g/mol. The molecule has 3 aromatic rings. The van der Waals surface area contributed by atoms with E-state index in [1.807, 2.05) is 15.4 Å². The summed E-state index contributed by atoms with van der Waals surface area (Å²) in [5.41, 5.74) is 4.45. The summed E-state index contributed by atoms with van der Waals surface area (Å²) in [5, 5.41) is 15.6. The van der Waals surface area contributed by atoms with Crippen LogP contribution in [0.15, 0.2) is 36.9 Å². The Morgan fingerprint density at radius 2 is 2.28 bits per heavy atom. The van der Waals surface area contributed by atoms with Gasteiger partial charge in [-0.25, -0.2) is 4.39 Å². The molecule has 1 atom stereocenters. The Bertz CT molecular complexity index is 1190. The first-order chi connectivity index (χ1) is 15.6. The smallest absolute Gasteiger partial charge is 0.242 e. The number of ether oxygens (including phenoxy) is 1. The van der Waals surface area contributed by atoms with E-state index in [-0.39, 0.29) is 17.7 Å². The van der Waals surface area contributed by atoms with Gasteiger partial charge in [-0.1, -0.05) is 6.08 Å². The van der Waals surface area contributed by atoms with E-state index in [9.17, 15) is 9.18 Å². The van der Waals surface area contributed by atoms with Crippen molar-refractivity contribution in [2.24, 2.45) is 0 Å². The first-order valence-electron chi connectivity index (χ1n) is 10.8. The van der Waals surface area contributed by atoms with Crippen LogP contribution in [0.5, 0.6) is 5.75 Å². The number of nitrogens with zero attached hydrogens (tertiary/aromatic N) is 4. The number of amides is 1. The van der Waals surface area contributed by atoms with Crippen LogP contribution in [0, 0.1) is 5.82 Å². The Hall–Kier alpha value is -3.46. The molecule has 2 aliphatic rings. The number of aromatic nitrogens is 4. The fourth-order valence-electron chi connectivity index (χ4n) is 4.49. The molecule has 1 unspecified atom stereocenters. The van der Waals surface area contributed by atoms with Gasteiger partial charge < -0.3 is 15.4 Å². The number of halogens is 1. The summed E-state index contributed by atoms with van der Waals surface area (Å²) >= 11 is 0. The van der Waals surface area contributed by atoms with Crippen LogP contribution >= 0.6 is 0 Å². The van der Waals surface area contributed by atoms with Crippen LogP contribution in [0.4, 0.5) is 10.2 Å². The van der Waals surface area contributed by atoms with E-state index >= 15 is 0 Å². The molecule has 1 fully saturated rings. The number of hydrogen-bond donors (Lipinski definition) is 2. The Morgan fingerprint density at radius 3 is 3.03 bits per heavy atom. The third-order valence-corrected chi connectivity index (χ3v) is 6.00. The normalized spacial score (nSPS) is 17.0. The summed E-state index contributed by atoms with van der Waals surface area (Å²) in [5.74, 6) is 0.242. The number of carbonyl (C=O) groups excluding carboxylic acids is 1. The molecule has 0 spiro atoms. The molecule has 1 aromatic carbocycles. The number of hydrogen-bond acceptors (Lipinski definition) is 5. The van der Waals surface area contributed by atoms with Crippen LogP contribution in [0.25, 0.3) is 22.6 Å². The number of methoxy groups -OCH3 is 1. The molecule has 32 heavy (non-hydrogen) atoms. The van der Waals surface area contributed by atoms with Gasteiger partial charge in [-0.3, -0.25) is 14.2 Å². The summed E-state index contributed by atoms with van der Waals surface area (Å²) in [6.45, 7) is 5.88. The topological polar surface area (TPSA) is 86.0 Å². The monoisotopic (exact) mass is 436 g/mol. The lowest BCUT2D eigenvalue weighted by atomic mass is 9.99. The van der Waals surface area contributed by atoms with Crippen LogP contribution in [-0.2, 0) is 24.3 Å². The van der Waals surface area contributed by atoms with Crippen molar-refractivity contribution in [2.45, 2.75) is 38.4 Å². The highest BCUT2D eigenvalue weighted by Crippen LogP contribution is 2.38. The maximum Gasteiger partial charge on any atom is 0.242 e. The quantitative estimate of drug-likeness (QED) is 0.581. The molecule has 0 saturated carbocycles. The van der Waals surface area contributed by atoms with Crippen LogP contribution in [0.2, 0.25) is 0 Å². The maximum atomic E-state index is 14.0. The second-order valence-electron chi connectivity index (χ2n) is 8.02. The largest absolute Gasteiger partial charge is 0.494 e. The number of aryl methyl sites for hydroxylation is 1. The summed E-state index contributed by atoms with van der Waals surface area (Å²) in [4.78, 5) is 12.5. The van der Waals surface area contributed by atoms with E-state index in [0.29, 0.717) is 25.3 Å². The van der Waals surface area contributed by atoms with Crippen molar-refractivity contribution in [3.63, 3.8) is 0 Å². The van der Waals surface area contributed by atoms with Crippen LogP contribution in [-0.4, -0.2) is 45.2 Å². The average Bonchev–Trinajstić information content (AvgIpc) is 3.52. The second-order valence-corrected chi connectivity index (χ2v) is 8.02. The third-order valence-electron chi connectivity index (χ3n) is 6.00. The molecule has 2 N–H and O–H groups in total. The molecule has 8 nitrogen and oxygen atoms in total. The van der Waals surface area contributed by atoms with Crippen molar-refractivity contribution in [1.82, 2.24) is 24.9 Å². The van der Waals surface area contributed by atoms with Gasteiger partial charge in [0.05, 0.1) is 36.8 Å². The van der Waals surface area contributed by atoms with E-state index in [4.69, 9.17) is 9.84 Å². The molecule has 4 heterocycles. The van der Waals surface area contributed by atoms with Gasteiger partial charge in [0, 0.05) is 23.7 Å². The highest BCUT2D eigenvalue weighted by molar-refractivity contribution is 5.94. The number of nitrogens with one attached hydrogen (secondary N) is 2. The molecule has 1 amide bonds. The van der Waals surface area contributed by atoms with Crippen molar-refractivity contribution < 1.29 is 13.9 Å². The van der Waals surface area contributed by atoms with Gasteiger partial charge in [0.25, 0.3) is 0 Å². The van der Waals surface area contributed by atoms with Crippen LogP contribution < -0.4 is 15.4 Å². The van der Waals surface area contributed by atoms with Gasteiger partial charge >= 0.3 is 0 Å². The molecule has 9 heteroatoms. The fourth-order valence-corrected chi connectivity index (χ4v) is 4.49. The first-order valence-corrected chi connectivity index (χ1v) is 10.8. The Balaban J connectivity index is 1.54. The first kappa shape index (κ1) is 20.4. The molecule has 0 aliphatic carbocycles. The standard InChI is InChI=1S/C23H25FN6O2/c1-3-10-30-22-15(21(28-30)14-6-7-16(24)19(12-14)32-2)8-11-29-18(22)13-20(27-29)26-23(31)17-5-4-9-25-17/h3,6-7,12-13,17,25H,1,4-5,8-11H2,2H3,(H,26,27,31). The second kappa shape index (κ2) is 8.23. The lowest BCUT2D eigenvalue weighted by Gasteiger charge is -2.16. The predicted molar refractivity (Wildman–Crippen MR) is 119 cm³/mol. The van der Waals surface area contributed by atoms with E-state index in [1.54, 1.807) is 18.2 Å². The highest BCUT2D eigenvalue weighted by Gasteiger charge is 2.29. The van der Waals surface area contributed by atoms with Gasteiger partial charge in [0.1, 0.15) is 0 Å². The van der Waals surface area contributed by atoms with Crippen molar-refractivity contribution in [1.29, 1.82) is 0 Å². The minimum Gasteiger partial charge on any atom is -0.494 e. The van der Waals surface area contributed by atoms with E-state index < -0.39 is 5.82 Å². The minimum atomic E-state index is -0.411. The zero-order valence-electron chi connectivity index (χ0n) is 17.9. The van der Waals surface area contributed by atoms with Crippen LogP contribution in [0.3, 0.4) is 0 Å². The molecule has 2 aromatic heterocycles. The Kier molecular flexibility index (Phi) is 5.26. The highest BCUT2D eigenvalue weighted by atomic mass is 19.1. The predicted octanol–water partition coefficient (Wildman–Crippen LogP) is 2.99. The molecular formula is C23H25FN6O2. The summed E-state index contributed by atoms with van der Waals surface area (Å²) in [6, 6.07) is 6.50. The number of benzene rings is 1. The molecule has 1 saturated heterocycles. The molecule has 5 rings (SSSR count). The van der Waals surface area contributed by atoms with Crippen molar-refractivity contribution >= 4 is 11.7 Å². The van der Waals surface area contributed by atoms with Crippen molar-refractivity contribution in [2.75, 3.05) is 19.0 Å². The van der Waals surface area contributed by atoms with Crippen LogP contribution in [0.1, 0.15) is 18.4 Å². The lowest BCUT2D eigenvalue weighted by Crippen LogP contribution is -2.35. The van der Waals surface area contributed by atoms with Gasteiger partial charge in [-0.2, -0.15) is 10.2 Å². The minimum absolute atomic E-state index is 0.0585. The Morgan fingerprint density at radius 1 is 1.41 bits per heavy atom. The van der Waals surface area contributed by atoms with Gasteiger partial charge in [-0.05, 0) is 44.0 Å². The summed E-state index contributed by atoms with van der Waals surface area (Å²) in [7, 11) is 1.45. The summed E-state index contributed by atoms with van der Waals surface area (Å²) in [6.07, 6.45) is 4.33. The maximum absolute atomic E-state index is 14.0. The number of allylic oxidation sites excluding steroid dienone is 1. The van der Waals surface area contributed by atoms with Gasteiger partial charge in [0.15, 0.2) is 17.4 Å². The lowest BCUT2D eigenvalue weighted by molar-refractivity contribution is -0.117. The van der Waals surface area contributed by atoms with E-state index in [0.717, 1.165) is 47.6 Å². The van der Waals surface area contributed by atoms with Crippen molar-refractivity contribution in [3.8, 4) is 28.4 Å². The van der Waals surface area contributed by atoms with Gasteiger partial charge in [0.2, 0.25) is 5.91 Å². The molecule has 2 aliphatic heterocycles. The van der Waals surface area contributed by atoms with E-state index in [1.165, 1.54) is 13.2 Å².